The summed E-state index contributed by atoms with van der Waals surface area (Å²) in [6.45, 7) is 0. The molecule has 0 radical (unpaired) electrons. The molecule has 8 rings (SSSR count). The molecule has 2 nitrogen and oxygen atoms in total. The number of nitrogens with zero attached hydrogens (tertiary/aromatic N) is 1. The standard InChI is InChI=1S/C42H30NOP/c44-45(36-22-12-18-33(28-36)31-14-4-1-5-15-31,37-23-13-19-34(29-37)32-16-6-2-7-17-32)38-26-27-42-40(30-38)39-24-10-11-25-41(39)43(42)35-20-8-3-9-21-35/h1-30H. The van der Waals surface area contributed by atoms with Crippen LogP contribution >= 0.6 is 7.14 Å². The molecule has 0 aliphatic carbocycles. The highest BCUT2D eigenvalue weighted by Gasteiger charge is 2.31. The Balaban J connectivity index is 1.39. The number of aromatic nitrogens is 1. The van der Waals surface area contributed by atoms with E-state index < -0.39 is 7.14 Å². The molecule has 0 N–H and O–H groups in total. The van der Waals surface area contributed by atoms with Crippen molar-refractivity contribution in [3.8, 4) is 27.9 Å². The van der Waals surface area contributed by atoms with E-state index in [4.69, 9.17) is 0 Å². The van der Waals surface area contributed by atoms with E-state index >= 15 is 4.57 Å². The van der Waals surface area contributed by atoms with Gasteiger partial charge in [0.2, 0.25) is 0 Å². The average Bonchev–Trinajstić information content (AvgIpc) is 3.46. The second kappa shape index (κ2) is 11.2. The first-order valence-electron chi connectivity index (χ1n) is 15.2. The minimum absolute atomic E-state index is 0.820. The lowest BCUT2D eigenvalue weighted by molar-refractivity contribution is 0.592. The zero-order valence-corrected chi connectivity index (χ0v) is 25.5. The molecule has 8 aromatic rings. The van der Waals surface area contributed by atoms with Crippen LogP contribution in [0.5, 0.6) is 0 Å². The van der Waals surface area contributed by atoms with Crippen molar-refractivity contribution in [2.24, 2.45) is 0 Å². The maximum absolute atomic E-state index is 16.0. The SMILES string of the molecule is O=P(c1cccc(-c2ccccc2)c1)(c1cccc(-c2ccccc2)c1)c1ccc2c(c1)c1ccccc1n2-c1ccccc1. The molecule has 0 saturated carbocycles. The molecule has 214 valence electrons. The molecule has 0 aliphatic heterocycles. The van der Waals surface area contributed by atoms with Crippen LogP contribution in [-0.2, 0) is 4.57 Å². The third-order valence-electron chi connectivity index (χ3n) is 8.67. The highest BCUT2D eigenvalue weighted by atomic mass is 31.2. The Hall–Kier alpha value is -5.43. The summed E-state index contributed by atoms with van der Waals surface area (Å²) in [5, 5.41) is 4.69. The Bertz CT molecular complexity index is 2250. The largest absolute Gasteiger partial charge is 0.309 e. The van der Waals surface area contributed by atoms with Gasteiger partial charge in [0.25, 0.3) is 0 Å². The average molecular weight is 596 g/mol. The summed E-state index contributed by atoms with van der Waals surface area (Å²) in [4.78, 5) is 0. The molecule has 7 aromatic carbocycles. The lowest BCUT2D eigenvalue weighted by Gasteiger charge is -2.22. The second-order valence-corrected chi connectivity index (χ2v) is 14.1. The van der Waals surface area contributed by atoms with Gasteiger partial charge in [-0.15, -0.1) is 0 Å². The van der Waals surface area contributed by atoms with Crippen LogP contribution < -0.4 is 15.9 Å². The fourth-order valence-corrected chi connectivity index (χ4v) is 9.21. The monoisotopic (exact) mass is 595 g/mol. The van der Waals surface area contributed by atoms with Crippen molar-refractivity contribution < 1.29 is 4.57 Å². The molecule has 1 aromatic heterocycles. The van der Waals surface area contributed by atoms with E-state index in [-0.39, 0.29) is 0 Å². The minimum atomic E-state index is -3.33. The predicted octanol–water partition coefficient (Wildman–Crippen LogP) is 9.76. The fourth-order valence-electron chi connectivity index (χ4n) is 6.48. The first kappa shape index (κ1) is 27.1. The quantitative estimate of drug-likeness (QED) is 0.175. The normalized spacial score (nSPS) is 11.6. The number of hydrogen-bond acceptors (Lipinski definition) is 1. The lowest BCUT2D eigenvalue weighted by atomic mass is 10.1. The van der Waals surface area contributed by atoms with Gasteiger partial charge in [0.15, 0.2) is 7.14 Å². The highest BCUT2D eigenvalue weighted by molar-refractivity contribution is 7.85. The molecule has 0 saturated heterocycles. The Morgan fingerprint density at radius 2 is 0.822 bits per heavy atom. The predicted molar refractivity (Wildman–Crippen MR) is 191 cm³/mol. The summed E-state index contributed by atoms with van der Waals surface area (Å²) in [6, 6.07) is 62.5. The van der Waals surface area contributed by atoms with Gasteiger partial charge in [-0.1, -0.05) is 133 Å². The van der Waals surface area contributed by atoms with E-state index in [1.54, 1.807) is 0 Å². The maximum Gasteiger partial charge on any atom is 0.171 e. The Morgan fingerprint density at radius 3 is 1.42 bits per heavy atom. The molecular weight excluding hydrogens is 565 g/mol. The van der Waals surface area contributed by atoms with Crippen molar-refractivity contribution >= 4 is 44.9 Å². The highest BCUT2D eigenvalue weighted by Crippen LogP contribution is 2.45. The van der Waals surface area contributed by atoms with Gasteiger partial charge in [-0.2, -0.15) is 0 Å². The lowest BCUT2D eigenvalue weighted by Crippen LogP contribution is -2.25. The molecule has 0 spiro atoms. The van der Waals surface area contributed by atoms with Crippen molar-refractivity contribution in [3.63, 3.8) is 0 Å². The fraction of sp³-hybridized carbons (Fsp3) is 0. The van der Waals surface area contributed by atoms with Crippen LogP contribution in [0, 0.1) is 0 Å². The van der Waals surface area contributed by atoms with Gasteiger partial charge in [0.1, 0.15) is 0 Å². The van der Waals surface area contributed by atoms with Crippen molar-refractivity contribution in [3.05, 3.63) is 182 Å². The topological polar surface area (TPSA) is 22.0 Å². The Labute approximate surface area is 263 Å². The van der Waals surface area contributed by atoms with Gasteiger partial charge < -0.3 is 9.13 Å². The van der Waals surface area contributed by atoms with Crippen LogP contribution in [0.3, 0.4) is 0 Å². The smallest absolute Gasteiger partial charge is 0.171 e. The van der Waals surface area contributed by atoms with Crippen LogP contribution in [0.25, 0.3) is 49.7 Å². The van der Waals surface area contributed by atoms with E-state index in [2.05, 4.69) is 120 Å². The van der Waals surface area contributed by atoms with Gasteiger partial charge in [-0.05, 0) is 70.8 Å². The third-order valence-corrected chi connectivity index (χ3v) is 11.7. The molecule has 0 atom stereocenters. The zero-order chi connectivity index (χ0) is 30.2. The summed E-state index contributed by atoms with van der Waals surface area (Å²) >= 11 is 0. The molecule has 0 amide bonds. The van der Waals surface area contributed by atoms with E-state index in [0.717, 1.165) is 65.7 Å². The molecule has 0 aliphatic rings. The molecule has 0 unspecified atom stereocenters. The number of rotatable bonds is 6. The molecule has 45 heavy (non-hydrogen) atoms. The van der Waals surface area contributed by atoms with Crippen LogP contribution in [0.2, 0.25) is 0 Å². The number of fused-ring (bicyclic) bond motifs is 3. The minimum Gasteiger partial charge on any atom is -0.309 e. The van der Waals surface area contributed by atoms with Crippen molar-refractivity contribution in [1.29, 1.82) is 0 Å². The van der Waals surface area contributed by atoms with Gasteiger partial charge in [0.05, 0.1) is 11.0 Å². The van der Waals surface area contributed by atoms with E-state index in [1.165, 1.54) is 0 Å². The van der Waals surface area contributed by atoms with Gasteiger partial charge >= 0.3 is 0 Å². The molecule has 1 heterocycles. The zero-order valence-electron chi connectivity index (χ0n) is 24.6. The van der Waals surface area contributed by atoms with E-state index in [9.17, 15) is 0 Å². The van der Waals surface area contributed by atoms with Gasteiger partial charge in [-0.3, -0.25) is 0 Å². The number of hydrogen-bond donors (Lipinski definition) is 0. The Kier molecular flexibility index (Phi) is 6.78. The summed E-state index contributed by atoms with van der Waals surface area (Å²) in [5.74, 6) is 0. The summed E-state index contributed by atoms with van der Waals surface area (Å²) in [7, 11) is -3.33. The third kappa shape index (κ3) is 4.72. The summed E-state index contributed by atoms with van der Waals surface area (Å²) < 4.78 is 18.3. The van der Waals surface area contributed by atoms with Crippen LogP contribution in [0.15, 0.2) is 182 Å². The van der Waals surface area contributed by atoms with E-state index in [1.807, 2.05) is 66.7 Å². The van der Waals surface area contributed by atoms with Gasteiger partial charge in [-0.25, -0.2) is 0 Å². The summed E-state index contributed by atoms with van der Waals surface area (Å²) in [6.07, 6.45) is 0. The molecule has 0 bridgehead atoms. The Morgan fingerprint density at radius 1 is 0.356 bits per heavy atom. The molecular formula is C42H30NOP. The van der Waals surface area contributed by atoms with Crippen molar-refractivity contribution in [2.45, 2.75) is 0 Å². The van der Waals surface area contributed by atoms with Gasteiger partial charge in [0, 0.05) is 32.4 Å². The number of benzene rings is 7. The van der Waals surface area contributed by atoms with Crippen LogP contribution in [-0.4, -0.2) is 4.57 Å². The molecule has 0 fully saturated rings. The first-order valence-corrected chi connectivity index (χ1v) is 16.9. The van der Waals surface area contributed by atoms with Crippen LogP contribution in [0.1, 0.15) is 0 Å². The van der Waals surface area contributed by atoms with Crippen LogP contribution in [0.4, 0.5) is 0 Å². The van der Waals surface area contributed by atoms with E-state index in [0.29, 0.717) is 0 Å². The first-order chi connectivity index (χ1) is 22.2. The van der Waals surface area contributed by atoms with Crippen molar-refractivity contribution in [1.82, 2.24) is 4.57 Å². The maximum atomic E-state index is 16.0. The molecule has 3 heteroatoms. The second-order valence-electron chi connectivity index (χ2n) is 11.3. The summed E-state index contributed by atoms with van der Waals surface area (Å²) in [5.41, 5.74) is 7.63. The number of para-hydroxylation sites is 2. The van der Waals surface area contributed by atoms with Crippen molar-refractivity contribution in [2.75, 3.05) is 0 Å².